The molecule has 0 unspecified atom stereocenters. The first-order valence-electron chi connectivity index (χ1n) is 49.6. The van der Waals surface area contributed by atoms with Crippen LogP contribution in [0, 0.1) is 0 Å². The molecule has 0 radical (unpaired) electrons. The predicted octanol–water partition coefficient (Wildman–Crippen LogP) is 35.2. The van der Waals surface area contributed by atoms with E-state index in [2.05, 4.69) is 474 Å². The molecular formula is C136H90N8O2. The van der Waals surface area contributed by atoms with Gasteiger partial charge in [0, 0.05) is 135 Å². The van der Waals surface area contributed by atoms with Crippen molar-refractivity contribution in [3.05, 3.63) is 569 Å². The van der Waals surface area contributed by atoms with E-state index in [1.807, 2.05) is 109 Å². The number of nitrogens with zero attached hydrogens (tertiary/aromatic N) is 8. The summed E-state index contributed by atoms with van der Waals surface area (Å²) in [6.07, 6.45) is 6.53. The maximum atomic E-state index is 13.8. The average molecular weight is 1870 g/mol. The van der Waals surface area contributed by atoms with Crippen molar-refractivity contribution in [2.75, 3.05) is 9.80 Å². The van der Waals surface area contributed by atoms with E-state index in [0.717, 1.165) is 128 Å². The molecule has 0 fully saturated rings. The van der Waals surface area contributed by atoms with Gasteiger partial charge in [-0.15, -0.1) is 0 Å². The van der Waals surface area contributed by atoms with E-state index < -0.39 is 0 Å². The van der Waals surface area contributed by atoms with Gasteiger partial charge >= 0.3 is 0 Å². The Balaban J connectivity index is 0.000000109. The lowest BCUT2D eigenvalue weighted by Gasteiger charge is -2.40. The second kappa shape index (κ2) is 35.9. The van der Waals surface area contributed by atoms with E-state index in [1.165, 1.54) is 93.0 Å². The number of aromatic nitrogens is 6. The molecule has 0 aliphatic carbocycles. The zero-order valence-electron chi connectivity index (χ0n) is 79.4. The molecule has 10 nitrogen and oxygen atoms in total. The van der Waals surface area contributed by atoms with Crippen molar-refractivity contribution in [1.29, 1.82) is 0 Å². The minimum atomic E-state index is 0.0172. The Morgan fingerprint density at radius 3 is 0.842 bits per heavy atom. The molecule has 1 aliphatic heterocycles. The fourth-order valence-corrected chi connectivity index (χ4v) is 22.2. The number of hydrogen-bond acceptors (Lipinski definition) is 4. The summed E-state index contributed by atoms with van der Waals surface area (Å²) in [5, 5.41) is 15.2. The van der Waals surface area contributed by atoms with Gasteiger partial charge in [0.25, 0.3) is 0 Å². The van der Waals surface area contributed by atoms with Gasteiger partial charge in [-0.3, -0.25) is 9.59 Å². The first-order chi connectivity index (χ1) is 72.3. The van der Waals surface area contributed by atoms with Crippen molar-refractivity contribution in [2.24, 2.45) is 0 Å². The molecule has 10 heteroatoms. The van der Waals surface area contributed by atoms with Crippen molar-refractivity contribution in [3.8, 4) is 67.5 Å². The number of fused-ring (bicyclic) bond motifs is 19. The summed E-state index contributed by atoms with van der Waals surface area (Å²) in [4.78, 5) is 32.1. The van der Waals surface area contributed by atoms with E-state index in [1.54, 1.807) is 0 Å². The van der Waals surface area contributed by atoms with Gasteiger partial charge in [-0.2, -0.15) is 0 Å². The predicted molar refractivity (Wildman–Crippen MR) is 607 cm³/mol. The smallest absolute Gasteiger partial charge is 0.193 e. The highest BCUT2D eigenvalue weighted by Gasteiger charge is 2.32. The molecule has 0 N–H and O–H groups in total. The van der Waals surface area contributed by atoms with Crippen LogP contribution in [0.5, 0.6) is 0 Å². The molecule has 0 bridgehead atoms. The molecule has 0 saturated carbocycles. The normalized spacial score (nSPS) is 11.9. The summed E-state index contributed by atoms with van der Waals surface area (Å²) in [5.41, 5.74) is 33.6. The molecule has 22 aromatic carbocycles. The maximum Gasteiger partial charge on any atom is 0.193 e. The first kappa shape index (κ1) is 85.5. The second-order valence-corrected chi connectivity index (χ2v) is 37.4. The van der Waals surface area contributed by atoms with Crippen molar-refractivity contribution < 1.29 is 9.59 Å². The summed E-state index contributed by atoms with van der Waals surface area (Å²) >= 11 is 0. The van der Waals surface area contributed by atoms with Gasteiger partial charge in [0.15, 0.2) is 11.6 Å². The fraction of sp³-hybridized carbons (Fsp3) is 0. The van der Waals surface area contributed by atoms with Gasteiger partial charge in [0.1, 0.15) is 0 Å². The van der Waals surface area contributed by atoms with E-state index >= 15 is 0 Å². The summed E-state index contributed by atoms with van der Waals surface area (Å²) in [5.74, 6) is 0.0425. The molecule has 1 aliphatic rings. The van der Waals surface area contributed by atoms with Crippen LogP contribution < -0.4 is 9.80 Å². The molecule has 0 amide bonds. The third kappa shape index (κ3) is 14.8. The number of carbonyl (C=O) groups excluding carboxylic acids is 2. The van der Waals surface area contributed by atoms with Gasteiger partial charge in [0.2, 0.25) is 0 Å². The second-order valence-electron chi connectivity index (χ2n) is 37.4. The minimum absolute atomic E-state index is 0.0172. The van der Waals surface area contributed by atoms with Crippen LogP contribution in [-0.2, 0) is 0 Å². The van der Waals surface area contributed by atoms with Gasteiger partial charge < -0.3 is 37.2 Å². The SMILES string of the molecule is O=C(c1ccc(-n2c3ccccc3c3ccc4c(ccn4-c4ccc(-c5ccccc5)cc4)c32)cc1)c1ccc2ccccc2c1.O=C(c1cccc(-n2c3ccccc3c3ccc4c(ccn4-c4ccc(-c5ccccc5)cc4)c32)c1)c1ccc2ccccc2c1.c1ccc(-c2ccc(-n3ccc4c3ccc3c5ccccc5n(-c5cccc(N6c7ccccc7N(c7ccccc7)c7ccccc76)c5)c34)cc2)cc1. The Hall–Kier alpha value is -19.7. The van der Waals surface area contributed by atoms with Crippen LogP contribution in [0.1, 0.15) is 31.8 Å². The Kier molecular flexibility index (Phi) is 21.0. The number of rotatable bonds is 15. The highest BCUT2D eigenvalue weighted by molar-refractivity contribution is 6.22. The van der Waals surface area contributed by atoms with Crippen LogP contribution >= 0.6 is 0 Å². The van der Waals surface area contributed by atoms with Crippen LogP contribution in [0.2, 0.25) is 0 Å². The molecule has 0 spiro atoms. The Bertz CT molecular complexity index is 9920. The molecule has 0 saturated heterocycles. The quantitative estimate of drug-likeness (QED) is 0.0959. The summed E-state index contributed by atoms with van der Waals surface area (Å²) in [7, 11) is 0. The lowest BCUT2D eigenvalue weighted by molar-refractivity contribution is 0.103. The zero-order valence-corrected chi connectivity index (χ0v) is 79.4. The monoisotopic (exact) mass is 1870 g/mol. The highest BCUT2D eigenvalue weighted by Crippen LogP contribution is 2.55. The molecule has 686 valence electrons. The molecule has 0 atom stereocenters. The zero-order chi connectivity index (χ0) is 96.8. The number of carbonyl (C=O) groups is 2. The van der Waals surface area contributed by atoms with Gasteiger partial charge in [-0.25, -0.2) is 0 Å². The topological polar surface area (TPSA) is 70.2 Å². The third-order valence-corrected chi connectivity index (χ3v) is 29.1. The van der Waals surface area contributed by atoms with E-state index in [-0.39, 0.29) is 11.6 Å². The Morgan fingerprint density at radius 2 is 0.438 bits per heavy atom. The van der Waals surface area contributed by atoms with Crippen LogP contribution in [0.3, 0.4) is 0 Å². The fourth-order valence-electron chi connectivity index (χ4n) is 22.2. The van der Waals surface area contributed by atoms with Crippen molar-refractivity contribution in [3.63, 3.8) is 0 Å². The van der Waals surface area contributed by atoms with Gasteiger partial charge in [0.05, 0.1) is 72.4 Å². The summed E-state index contributed by atoms with van der Waals surface area (Å²) in [6.45, 7) is 0. The average Bonchev–Trinajstić information content (AvgIpc) is 1.57. The lowest BCUT2D eigenvalue weighted by Crippen LogP contribution is -2.23. The largest absolute Gasteiger partial charge is 0.316 e. The summed E-state index contributed by atoms with van der Waals surface area (Å²) < 4.78 is 13.9. The highest BCUT2D eigenvalue weighted by atomic mass is 16.1. The molecular weight excluding hydrogens is 1780 g/mol. The molecule has 29 rings (SSSR count). The van der Waals surface area contributed by atoms with Crippen molar-refractivity contribution in [1.82, 2.24) is 27.4 Å². The summed E-state index contributed by atoms with van der Waals surface area (Å²) in [6, 6.07) is 185. The third-order valence-electron chi connectivity index (χ3n) is 29.1. The van der Waals surface area contributed by atoms with Crippen LogP contribution in [0.15, 0.2) is 546 Å². The number of anilines is 6. The number of para-hydroxylation sites is 8. The van der Waals surface area contributed by atoms with Crippen molar-refractivity contribution >= 4 is 165 Å². The van der Waals surface area contributed by atoms with E-state index in [9.17, 15) is 9.59 Å². The Morgan fingerprint density at radius 1 is 0.151 bits per heavy atom. The van der Waals surface area contributed by atoms with Gasteiger partial charge in [-0.05, 0) is 249 Å². The van der Waals surface area contributed by atoms with Crippen molar-refractivity contribution in [2.45, 2.75) is 0 Å². The Labute approximate surface area is 842 Å². The molecule has 7 heterocycles. The number of ketones is 2. The number of hydrogen-bond donors (Lipinski definition) is 0. The van der Waals surface area contributed by atoms with E-state index in [4.69, 9.17) is 0 Å². The van der Waals surface area contributed by atoms with Crippen LogP contribution in [0.4, 0.5) is 34.1 Å². The number of benzene rings is 22. The van der Waals surface area contributed by atoms with E-state index in [0.29, 0.717) is 22.3 Å². The molecule has 146 heavy (non-hydrogen) atoms. The minimum Gasteiger partial charge on any atom is -0.316 e. The lowest BCUT2D eigenvalue weighted by atomic mass is 9.99. The first-order valence-corrected chi connectivity index (χ1v) is 49.6. The van der Waals surface area contributed by atoms with Crippen LogP contribution in [0.25, 0.3) is 187 Å². The molecule has 28 aromatic rings. The standard InChI is InChI=1S/C50H34N4.2C43H28N2O/c1-3-14-35(15-4-1)36-26-28-37(29-27-36)51-33-32-43-44(51)31-30-42-41-20-7-8-21-45(41)54(50(42)43)40-19-13-18-39(34-40)53-48-24-11-9-22-46(48)52(38-16-5-2-6-17-38)47-23-10-12-25-49(47)53;46-43(34-18-17-30-11-4-5-12-32(30)27-34)33-13-8-14-36(28-33)45-41-16-7-6-15-37(41)38-23-24-40-39(42(38)45)25-26-44(40)35-21-19-31(20-22-35)29-9-2-1-3-10-29;46-43(34-15-14-30-10-4-5-11-33(30)28-34)32-18-22-36(23-19-32)45-41-13-7-6-12-37(41)38-24-25-40-39(42(38)45)26-27-44(40)35-20-16-31(17-21-35)29-8-2-1-3-9-29/h1-34H;2*1-28H. The maximum absolute atomic E-state index is 13.8. The molecule has 6 aromatic heterocycles. The van der Waals surface area contributed by atoms with Gasteiger partial charge in [-0.1, -0.05) is 334 Å². The van der Waals surface area contributed by atoms with Crippen LogP contribution in [-0.4, -0.2) is 39.0 Å².